The average Bonchev–Trinajstić information content (AvgIpc) is 2.08. The molecule has 5 heteroatoms. The maximum Gasteiger partial charge on any atom is 0.356 e. The summed E-state index contributed by atoms with van der Waals surface area (Å²) in [6.45, 7) is 0. The number of aromatic hydroxyl groups is 2. The Kier molecular flexibility index (Phi) is 2.16. The quantitative estimate of drug-likeness (QED) is 0.410. The highest BCUT2D eigenvalue weighted by molar-refractivity contribution is 5.89. The molecule has 64 valence electrons. The maximum absolute atomic E-state index is 10.7. The van der Waals surface area contributed by atoms with E-state index in [0.717, 1.165) is 6.07 Å². The molecule has 0 aliphatic heterocycles. The molecule has 12 heavy (non-hydrogen) atoms. The summed E-state index contributed by atoms with van der Waals surface area (Å²) < 4.78 is 0. The lowest BCUT2D eigenvalue weighted by Crippen LogP contribution is -2.09. The van der Waals surface area contributed by atoms with Crippen LogP contribution in [0.1, 0.15) is 10.4 Å². The molecular weight excluding hydrogens is 162 g/mol. The van der Waals surface area contributed by atoms with Crippen molar-refractivity contribution in [2.75, 3.05) is 0 Å². The van der Waals surface area contributed by atoms with Gasteiger partial charge < -0.3 is 15.1 Å². The van der Waals surface area contributed by atoms with Crippen LogP contribution in [0.5, 0.6) is 11.5 Å². The van der Waals surface area contributed by atoms with Crippen molar-refractivity contribution in [3.63, 3.8) is 0 Å². The summed E-state index contributed by atoms with van der Waals surface area (Å²) in [7, 11) is 0. The lowest BCUT2D eigenvalue weighted by molar-refractivity contribution is 0.0503. The molecular formula is C7H7NO4. The fourth-order valence-electron chi connectivity index (χ4n) is 0.718. The lowest BCUT2D eigenvalue weighted by Gasteiger charge is -1.99. The van der Waals surface area contributed by atoms with E-state index >= 15 is 0 Å². The molecule has 4 N–H and O–H groups in total. The van der Waals surface area contributed by atoms with Gasteiger partial charge in [-0.1, -0.05) is 0 Å². The lowest BCUT2D eigenvalue weighted by atomic mass is 10.2. The van der Waals surface area contributed by atoms with Crippen molar-refractivity contribution in [1.29, 1.82) is 0 Å². The summed E-state index contributed by atoms with van der Waals surface area (Å²) in [6.07, 6.45) is 0. The van der Waals surface area contributed by atoms with Crippen LogP contribution in [0.3, 0.4) is 0 Å². The molecule has 1 rings (SSSR count). The third-order valence-corrected chi connectivity index (χ3v) is 1.32. The Hall–Kier alpha value is -1.75. The van der Waals surface area contributed by atoms with Gasteiger partial charge in [0.1, 0.15) is 0 Å². The van der Waals surface area contributed by atoms with Crippen LogP contribution in [0, 0.1) is 0 Å². The molecule has 1 aromatic carbocycles. The van der Waals surface area contributed by atoms with E-state index in [0.29, 0.717) is 0 Å². The predicted octanol–water partition coefficient (Wildman–Crippen LogP) is 0.128. The molecule has 1 aromatic rings. The van der Waals surface area contributed by atoms with Crippen LogP contribution in [-0.2, 0) is 4.84 Å². The SMILES string of the molecule is NOC(=O)c1ccc(O)c(O)c1. The van der Waals surface area contributed by atoms with Gasteiger partial charge in [-0.25, -0.2) is 4.79 Å². The molecule has 0 aromatic heterocycles. The third kappa shape index (κ3) is 1.46. The van der Waals surface area contributed by atoms with Gasteiger partial charge in [-0.15, -0.1) is 0 Å². The molecule has 0 aliphatic rings. The molecule has 0 aliphatic carbocycles. The second-order valence-corrected chi connectivity index (χ2v) is 2.11. The molecule has 0 atom stereocenters. The molecule has 0 saturated carbocycles. The Morgan fingerprint density at radius 1 is 1.33 bits per heavy atom. The summed E-state index contributed by atoms with van der Waals surface area (Å²) in [4.78, 5) is 14.6. The molecule has 0 bridgehead atoms. The second kappa shape index (κ2) is 3.10. The van der Waals surface area contributed by atoms with Crippen molar-refractivity contribution in [1.82, 2.24) is 0 Å². The van der Waals surface area contributed by atoms with Gasteiger partial charge in [0.25, 0.3) is 0 Å². The topological polar surface area (TPSA) is 92.8 Å². The van der Waals surface area contributed by atoms with E-state index in [1.54, 1.807) is 0 Å². The Morgan fingerprint density at radius 2 is 2.00 bits per heavy atom. The number of phenols is 2. The van der Waals surface area contributed by atoms with Gasteiger partial charge in [0.2, 0.25) is 0 Å². The summed E-state index contributed by atoms with van der Waals surface area (Å²) in [5.74, 6) is 3.13. The first kappa shape index (κ1) is 8.35. The van der Waals surface area contributed by atoms with Crippen LogP contribution in [0.15, 0.2) is 18.2 Å². The van der Waals surface area contributed by atoms with Crippen LogP contribution in [-0.4, -0.2) is 16.2 Å². The van der Waals surface area contributed by atoms with Crippen LogP contribution in [0.25, 0.3) is 0 Å². The summed E-state index contributed by atoms with van der Waals surface area (Å²) in [5.41, 5.74) is 0.0767. The molecule has 0 unspecified atom stereocenters. The van der Waals surface area contributed by atoms with Gasteiger partial charge in [0.05, 0.1) is 5.56 Å². The maximum atomic E-state index is 10.7. The zero-order chi connectivity index (χ0) is 9.14. The van der Waals surface area contributed by atoms with E-state index < -0.39 is 11.7 Å². The first-order chi connectivity index (χ1) is 5.65. The zero-order valence-corrected chi connectivity index (χ0v) is 6.02. The van der Waals surface area contributed by atoms with E-state index in [4.69, 9.17) is 10.2 Å². The third-order valence-electron chi connectivity index (χ3n) is 1.32. The fraction of sp³-hybridized carbons (Fsp3) is 0. The molecule has 5 nitrogen and oxygen atoms in total. The van der Waals surface area contributed by atoms with Crippen molar-refractivity contribution in [2.45, 2.75) is 0 Å². The number of rotatable bonds is 1. The highest BCUT2D eigenvalue weighted by Crippen LogP contribution is 2.24. The summed E-state index contributed by atoms with van der Waals surface area (Å²) >= 11 is 0. The van der Waals surface area contributed by atoms with Crippen molar-refractivity contribution in [3.05, 3.63) is 23.8 Å². The monoisotopic (exact) mass is 169 g/mol. The molecule has 0 amide bonds. The smallest absolute Gasteiger partial charge is 0.356 e. The van der Waals surface area contributed by atoms with E-state index in [2.05, 4.69) is 10.7 Å². The van der Waals surface area contributed by atoms with Gasteiger partial charge in [-0.3, -0.25) is 0 Å². The van der Waals surface area contributed by atoms with Crippen LogP contribution in [0.4, 0.5) is 0 Å². The Labute approximate surface area is 68.0 Å². The minimum Gasteiger partial charge on any atom is -0.504 e. The number of carbonyl (C=O) groups excluding carboxylic acids is 1. The Balaban J connectivity index is 3.05. The molecule has 0 spiro atoms. The number of hydrogen-bond acceptors (Lipinski definition) is 5. The standard InChI is InChI=1S/C7H7NO4/c8-12-7(11)4-1-2-5(9)6(10)3-4/h1-3,9-10H,8H2. The number of hydrogen-bond donors (Lipinski definition) is 3. The number of phenolic OH excluding ortho intramolecular Hbond substituents is 2. The minimum absolute atomic E-state index is 0.0767. The van der Waals surface area contributed by atoms with Crippen molar-refractivity contribution >= 4 is 5.97 Å². The number of nitrogens with two attached hydrogens (primary N) is 1. The van der Waals surface area contributed by atoms with Gasteiger partial charge in [0, 0.05) is 0 Å². The van der Waals surface area contributed by atoms with Crippen LogP contribution < -0.4 is 5.90 Å². The van der Waals surface area contributed by atoms with Gasteiger partial charge in [0.15, 0.2) is 11.5 Å². The van der Waals surface area contributed by atoms with Gasteiger partial charge in [-0.2, -0.15) is 5.90 Å². The fourth-order valence-corrected chi connectivity index (χ4v) is 0.718. The molecule has 0 radical (unpaired) electrons. The van der Waals surface area contributed by atoms with Gasteiger partial charge >= 0.3 is 5.97 Å². The second-order valence-electron chi connectivity index (χ2n) is 2.11. The largest absolute Gasteiger partial charge is 0.504 e. The Morgan fingerprint density at radius 3 is 2.50 bits per heavy atom. The van der Waals surface area contributed by atoms with Crippen molar-refractivity contribution in [3.8, 4) is 11.5 Å². The molecule has 0 fully saturated rings. The van der Waals surface area contributed by atoms with Crippen LogP contribution >= 0.6 is 0 Å². The first-order valence-electron chi connectivity index (χ1n) is 3.08. The van der Waals surface area contributed by atoms with E-state index in [9.17, 15) is 4.79 Å². The number of benzene rings is 1. The van der Waals surface area contributed by atoms with E-state index in [1.165, 1.54) is 12.1 Å². The zero-order valence-electron chi connectivity index (χ0n) is 6.02. The van der Waals surface area contributed by atoms with Gasteiger partial charge in [-0.05, 0) is 18.2 Å². The Bertz CT molecular complexity index is 310. The first-order valence-corrected chi connectivity index (χ1v) is 3.08. The van der Waals surface area contributed by atoms with Crippen molar-refractivity contribution in [2.24, 2.45) is 5.90 Å². The van der Waals surface area contributed by atoms with Crippen molar-refractivity contribution < 1.29 is 19.8 Å². The normalized spacial score (nSPS) is 9.42. The summed E-state index contributed by atoms with van der Waals surface area (Å²) in [5, 5.41) is 17.8. The average molecular weight is 169 g/mol. The molecule has 0 heterocycles. The highest BCUT2D eigenvalue weighted by Gasteiger charge is 2.08. The van der Waals surface area contributed by atoms with E-state index in [1.807, 2.05) is 0 Å². The summed E-state index contributed by atoms with van der Waals surface area (Å²) in [6, 6.07) is 3.51. The number of carbonyl (C=O) groups is 1. The predicted molar refractivity (Wildman–Crippen MR) is 39.4 cm³/mol. The minimum atomic E-state index is -0.773. The highest BCUT2D eigenvalue weighted by atomic mass is 16.7. The van der Waals surface area contributed by atoms with Crippen LogP contribution in [0.2, 0.25) is 0 Å². The van der Waals surface area contributed by atoms with E-state index in [-0.39, 0.29) is 11.3 Å². The molecule has 0 saturated heterocycles.